The summed E-state index contributed by atoms with van der Waals surface area (Å²) in [5.41, 5.74) is 1.23. The van der Waals surface area contributed by atoms with Crippen LogP contribution in [-0.2, 0) is 6.54 Å². The van der Waals surface area contributed by atoms with Gasteiger partial charge in [0.25, 0.3) is 0 Å². The fraction of sp³-hybridized carbons (Fsp3) is 0.625. The van der Waals surface area contributed by atoms with Crippen LogP contribution in [0.15, 0.2) is 16.6 Å². The fourth-order valence-electron chi connectivity index (χ4n) is 2.92. The minimum absolute atomic E-state index is 0.624. The Morgan fingerprint density at radius 1 is 1.10 bits per heavy atom. The number of fused-ring (bicyclic) bond motifs is 1. The quantitative estimate of drug-likeness (QED) is 0.824. The van der Waals surface area contributed by atoms with Crippen molar-refractivity contribution in [3.8, 4) is 11.5 Å². The van der Waals surface area contributed by atoms with Crippen molar-refractivity contribution in [2.24, 2.45) is 0 Å². The van der Waals surface area contributed by atoms with Crippen LogP contribution >= 0.6 is 15.9 Å². The third-order valence-corrected chi connectivity index (χ3v) is 4.63. The second-order valence-corrected chi connectivity index (χ2v) is 6.54. The van der Waals surface area contributed by atoms with Crippen LogP contribution in [0.4, 0.5) is 0 Å². The SMILES string of the molecule is Brc1cc(CNCCN2CCCCC2)cc2c1OCCO2. The summed E-state index contributed by atoms with van der Waals surface area (Å²) in [6.45, 7) is 6.82. The van der Waals surface area contributed by atoms with Crippen molar-refractivity contribution in [1.29, 1.82) is 0 Å². The Balaban J connectivity index is 1.47. The van der Waals surface area contributed by atoms with Gasteiger partial charge in [-0.2, -0.15) is 0 Å². The predicted octanol–water partition coefficient (Wildman–Crippen LogP) is 2.80. The summed E-state index contributed by atoms with van der Waals surface area (Å²) in [6.07, 6.45) is 4.11. The molecule has 0 radical (unpaired) electrons. The average molecular weight is 355 g/mol. The molecular formula is C16H23BrN2O2. The molecule has 1 aromatic carbocycles. The molecule has 0 aliphatic carbocycles. The van der Waals surface area contributed by atoms with Gasteiger partial charge in [-0.3, -0.25) is 0 Å². The van der Waals surface area contributed by atoms with Gasteiger partial charge in [-0.1, -0.05) is 6.42 Å². The Kier molecular flexibility index (Phi) is 5.38. The van der Waals surface area contributed by atoms with E-state index in [-0.39, 0.29) is 0 Å². The number of piperidine rings is 1. The number of rotatable bonds is 5. The van der Waals surface area contributed by atoms with Crippen LogP contribution in [0.5, 0.6) is 11.5 Å². The Hall–Kier alpha value is -0.780. The first-order chi connectivity index (χ1) is 10.3. The van der Waals surface area contributed by atoms with Gasteiger partial charge in [-0.05, 0) is 59.6 Å². The smallest absolute Gasteiger partial charge is 0.175 e. The molecular weight excluding hydrogens is 332 g/mol. The van der Waals surface area contributed by atoms with Gasteiger partial charge in [0.2, 0.25) is 0 Å². The molecule has 2 heterocycles. The zero-order valence-corrected chi connectivity index (χ0v) is 14.0. The number of nitrogens with zero attached hydrogens (tertiary/aromatic N) is 1. The summed E-state index contributed by atoms with van der Waals surface area (Å²) in [4.78, 5) is 2.55. The van der Waals surface area contributed by atoms with Gasteiger partial charge in [0, 0.05) is 19.6 Å². The molecule has 5 heteroatoms. The molecule has 1 fully saturated rings. The van der Waals surface area contributed by atoms with Gasteiger partial charge in [-0.25, -0.2) is 0 Å². The minimum Gasteiger partial charge on any atom is -0.486 e. The molecule has 1 saturated heterocycles. The van der Waals surface area contributed by atoms with E-state index < -0.39 is 0 Å². The van der Waals surface area contributed by atoms with E-state index in [9.17, 15) is 0 Å². The highest BCUT2D eigenvalue weighted by Crippen LogP contribution is 2.38. The number of benzene rings is 1. The Morgan fingerprint density at radius 3 is 2.76 bits per heavy atom. The lowest BCUT2D eigenvalue weighted by Gasteiger charge is -2.26. The van der Waals surface area contributed by atoms with Gasteiger partial charge in [0.15, 0.2) is 11.5 Å². The number of hydrogen-bond acceptors (Lipinski definition) is 4. The van der Waals surface area contributed by atoms with Gasteiger partial charge < -0.3 is 19.7 Å². The maximum absolute atomic E-state index is 5.66. The first kappa shape index (κ1) is 15.1. The third-order valence-electron chi connectivity index (χ3n) is 4.04. The molecule has 116 valence electrons. The molecule has 0 atom stereocenters. The van der Waals surface area contributed by atoms with E-state index in [1.165, 1.54) is 37.9 Å². The van der Waals surface area contributed by atoms with Crippen molar-refractivity contribution < 1.29 is 9.47 Å². The van der Waals surface area contributed by atoms with E-state index in [1.807, 2.05) is 0 Å². The van der Waals surface area contributed by atoms with E-state index in [0.717, 1.165) is 35.6 Å². The van der Waals surface area contributed by atoms with Crippen LogP contribution in [-0.4, -0.2) is 44.3 Å². The van der Waals surface area contributed by atoms with Crippen LogP contribution in [0.3, 0.4) is 0 Å². The van der Waals surface area contributed by atoms with Crippen molar-refractivity contribution in [1.82, 2.24) is 10.2 Å². The van der Waals surface area contributed by atoms with Crippen molar-refractivity contribution in [3.05, 3.63) is 22.2 Å². The van der Waals surface area contributed by atoms with Crippen LogP contribution in [0.2, 0.25) is 0 Å². The second-order valence-electron chi connectivity index (χ2n) is 5.68. The fourth-order valence-corrected chi connectivity index (χ4v) is 3.52. The number of ether oxygens (including phenoxy) is 2. The molecule has 3 rings (SSSR count). The zero-order valence-electron chi connectivity index (χ0n) is 12.4. The maximum Gasteiger partial charge on any atom is 0.175 e. The van der Waals surface area contributed by atoms with E-state index in [0.29, 0.717) is 13.2 Å². The summed E-state index contributed by atoms with van der Waals surface area (Å²) in [7, 11) is 0. The molecule has 2 aliphatic rings. The lowest BCUT2D eigenvalue weighted by Crippen LogP contribution is -2.35. The van der Waals surface area contributed by atoms with Gasteiger partial charge >= 0.3 is 0 Å². The lowest BCUT2D eigenvalue weighted by atomic mass is 10.1. The number of halogens is 1. The number of hydrogen-bond donors (Lipinski definition) is 1. The highest BCUT2D eigenvalue weighted by molar-refractivity contribution is 9.10. The molecule has 0 bridgehead atoms. The molecule has 2 aliphatic heterocycles. The van der Waals surface area contributed by atoms with Gasteiger partial charge in [0.1, 0.15) is 13.2 Å². The van der Waals surface area contributed by atoms with Crippen molar-refractivity contribution in [3.63, 3.8) is 0 Å². The monoisotopic (exact) mass is 354 g/mol. The summed E-state index contributed by atoms with van der Waals surface area (Å²) < 4.78 is 12.2. The first-order valence-corrected chi connectivity index (χ1v) is 8.63. The average Bonchev–Trinajstić information content (AvgIpc) is 2.53. The van der Waals surface area contributed by atoms with Crippen LogP contribution in [0.1, 0.15) is 24.8 Å². The standard InChI is InChI=1S/C16H23BrN2O2/c17-14-10-13(11-15-16(14)21-9-8-20-15)12-18-4-7-19-5-2-1-3-6-19/h10-11,18H,1-9,12H2. The van der Waals surface area contributed by atoms with Crippen molar-refractivity contribution in [2.75, 3.05) is 39.4 Å². The Labute approximate surface area is 134 Å². The lowest BCUT2D eigenvalue weighted by molar-refractivity contribution is 0.170. The zero-order chi connectivity index (χ0) is 14.5. The summed E-state index contributed by atoms with van der Waals surface area (Å²) in [5.74, 6) is 1.68. The minimum atomic E-state index is 0.624. The molecule has 0 aromatic heterocycles. The third kappa shape index (κ3) is 4.11. The van der Waals surface area contributed by atoms with Crippen LogP contribution in [0, 0.1) is 0 Å². The number of likely N-dealkylation sites (tertiary alicyclic amines) is 1. The summed E-state index contributed by atoms with van der Waals surface area (Å²) in [5, 5.41) is 3.52. The van der Waals surface area contributed by atoms with Gasteiger partial charge in [-0.15, -0.1) is 0 Å². The molecule has 21 heavy (non-hydrogen) atoms. The highest BCUT2D eigenvalue weighted by Gasteiger charge is 2.16. The topological polar surface area (TPSA) is 33.7 Å². The normalized spacial score (nSPS) is 18.7. The predicted molar refractivity (Wildman–Crippen MR) is 87.1 cm³/mol. The van der Waals surface area contributed by atoms with Gasteiger partial charge in [0.05, 0.1) is 4.47 Å². The number of nitrogens with one attached hydrogen (secondary N) is 1. The molecule has 1 N–H and O–H groups in total. The molecule has 0 unspecified atom stereocenters. The Bertz CT molecular complexity index is 476. The maximum atomic E-state index is 5.66. The van der Waals surface area contributed by atoms with Crippen LogP contribution in [0.25, 0.3) is 0 Å². The second kappa shape index (κ2) is 7.47. The summed E-state index contributed by atoms with van der Waals surface area (Å²) >= 11 is 3.56. The highest BCUT2D eigenvalue weighted by atomic mass is 79.9. The first-order valence-electron chi connectivity index (χ1n) is 7.84. The van der Waals surface area contributed by atoms with E-state index in [1.54, 1.807) is 0 Å². The largest absolute Gasteiger partial charge is 0.486 e. The molecule has 4 nitrogen and oxygen atoms in total. The van der Waals surface area contributed by atoms with Crippen molar-refractivity contribution >= 4 is 15.9 Å². The molecule has 0 amide bonds. The van der Waals surface area contributed by atoms with Crippen molar-refractivity contribution in [2.45, 2.75) is 25.8 Å². The van der Waals surface area contributed by atoms with E-state index >= 15 is 0 Å². The van der Waals surface area contributed by atoms with E-state index in [4.69, 9.17) is 9.47 Å². The molecule has 0 saturated carbocycles. The van der Waals surface area contributed by atoms with E-state index in [2.05, 4.69) is 38.3 Å². The molecule has 0 spiro atoms. The Morgan fingerprint density at radius 2 is 1.90 bits per heavy atom. The van der Waals surface area contributed by atoms with Crippen LogP contribution < -0.4 is 14.8 Å². The molecule has 1 aromatic rings. The summed E-state index contributed by atoms with van der Waals surface area (Å²) in [6, 6.07) is 4.19.